The highest BCUT2D eigenvalue weighted by atomic mass is 32.2. The number of rotatable bonds is 4. The van der Waals surface area contributed by atoms with Crippen molar-refractivity contribution >= 4 is 26.9 Å². The highest BCUT2D eigenvalue weighted by Gasteiger charge is 2.40. The van der Waals surface area contributed by atoms with E-state index in [1.807, 2.05) is 0 Å². The Morgan fingerprint density at radius 1 is 1.22 bits per heavy atom. The molecule has 1 aliphatic carbocycles. The minimum absolute atomic E-state index is 0.0380. The molecule has 1 aliphatic rings. The summed E-state index contributed by atoms with van der Waals surface area (Å²) in [5.41, 5.74) is -1.39. The molecular weight excluding hydrogens is 316 g/mol. The SMILES string of the molecule is O=C(O)[C@@]1(NS(=O)(=O)c2cccc3cccnc23)C=CC=CC1. The number of nitrogens with zero attached hydrogens (tertiary/aromatic N) is 1. The first kappa shape index (κ1) is 15.4. The summed E-state index contributed by atoms with van der Waals surface area (Å²) < 4.78 is 27.8. The number of hydrogen-bond donors (Lipinski definition) is 2. The molecule has 2 aromatic rings. The van der Waals surface area contributed by atoms with Gasteiger partial charge in [0.25, 0.3) is 0 Å². The molecule has 1 aromatic carbocycles. The van der Waals surface area contributed by atoms with Crippen LogP contribution in [0.15, 0.2) is 65.7 Å². The number of sulfonamides is 1. The van der Waals surface area contributed by atoms with Crippen LogP contribution in [0.4, 0.5) is 0 Å². The summed E-state index contributed by atoms with van der Waals surface area (Å²) in [6.07, 6.45) is 7.67. The molecule has 0 saturated carbocycles. The molecule has 2 N–H and O–H groups in total. The molecule has 6 nitrogen and oxygen atoms in total. The van der Waals surface area contributed by atoms with Gasteiger partial charge in [-0.2, -0.15) is 4.72 Å². The molecule has 0 amide bonds. The van der Waals surface area contributed by atoms with Gasteiger partial charge in [-0.25, -0.2) is 13.2 Å². The molecule has 0 unspecified atom stereocenters. The van der Waals surface area contributed by atoms with Crippen LogP contribution >= 0.6 is 0 Å². The van der Waals surface area contributed by atoms with Gasteiger partial charge in [0.15, 0.2) is 5.54 Å². The summed E-state index contributed by atoms with van der Waals surface area (Å²) in [6.45, 7) is 0. The lowest BCUT2D eigenvalue weighted by Gasteiger charge is -2.27. The second-order valence-electron chi connectivity index (χ2n) is 5.20. The van der Waals surface area contributed by atoms with E-state index >= 15 is 0 Å². The second-order valence-corrected chi connectivity index (χ2v) is 6.86. The van der Waals surface area contributed by atoms with E-state index in [9.17, 15) is 18.3 Å². The van der Waals surface area contributed by atoms with E-state index in [0.29, 0.717) is 10.9 Å². The van der Waals surface area contributed by atoms with Crippen molar-refractivity contribution in [3.8, 4) is 0 Å². The minimum Gasteiger partial charge on any atom is -0.480 e. The first-order valence-corrected chi connectivity index (χ1v) is 8.38. The number of allylic oxidation sites excluding steroid dienone is 2. The quantitative estimate of drug-likeness (QED) is 0.892. The maximum Gasteiger partial charge on any atom is 0.329 e. The Bertz CT molecular complexity index is 929. The topological polar surface area (TPSA) is 96.4 Å². The fraction of sp³-hybridized carbons (Fsp3) is 0.125. The van der Waals surface area contributed by atoms with Gasteiger partial charge in [0.2, 0.25) is 10.0 Å². The molecule has 1 aromatic heterocycles. The molecule has 23 heavy (non-hydrogen) atoms. The summed E-state index contributed by atoms with van der Waals surface area (Å²) in [5, 5.41) is 10.2. The van der Waals surface area contributed by atoms with E-state index in [4.69, 9.17) is 0 Å². The van der Waals surface area contributed by atoms with Crippen LogP contribution in [0.2, 0.25) is 0 Å². The van der Waals surface area contributed by atoms with E-state index < -0.39 is 21.5 Å². The molecule has 0 fully saturated rings. The highest BCUT2D eigenvalue weighted by Crippen LogP contribution is 2.25. The molecule has 3 rings (SSSR count). The monoisotopic (exact) mass is 330 g/mol. The third kappa shape index (κ3) is 2.76. The number of carboxylic acid groups (broad SMARTS) is 1. The first-order valence-electron chi connectivity index (χ1n) is 6.90. The predicted molar refractivity (Wildman–Crippen MR) is 85.3 cm³/mol. The molecule has 0 bridgehead atoms. The Labute approximate surface area is 133 Å². The summed E-state index contributed by atoms with van der Waals surface area (Å²) in [6, 6.07) is 8.22. The van der Waals surface area contributed by atoms with Crippen LogP contribution in [0.3, 0.4) is 0 Å². The Hall–Kier alpha value is -2.51. The maximum absolute atomic E-state index is 12.8. The number of benzene rings is 1. The van der Waals surface area contributed by atoms with Crippen LogP contribution in [0.1, 0.15) is 6.42 Å². The van der Waals surface area contributed by atoms with Gasteiger partial charge < -0.3 is 5.11 Å². The number of hydrogen-bond acceptors (Lipinski definition) is 4. The zero-order chi connectivity index (χ0) is 16.5. The summed E-state index contributed by atoms with van der Waals surface area (Å²) in [5.74, 6) is -1.25. The zero-order valence-corrected chi connectivity index (χ0v) is 12.8. The molecule has 0 spiro atoms. The van der Waals surface area contributed by atoms with Gasteiger partial charge in [0.1, 0.15) is 4.90 Å². The lowest BCUT2D eigenvalue weighted by molar-refractivity contribution is -0.141. The number of aromatic nitrogens is 1. The van der Waals surface area contributed by atoms with E-state index in [1.165, 1.54) is 24.4 Å². The van der Waals surface area contributed by atoms with Gasteiger partial charge in [-0.1, -0.05) is 42.5 Å². The molecule has 1 atom stereocenters. The molecular formula is C16H14N2O4S. The third-order valence-corrected chi connectivity index (χ3v) is 5.19. The van der Waals surface area contributed by atoms with E-state index in [1.54, 1.807) is 36.4 Å². The minimum atomic E-state index is -4.07. The lowest BCUT2D eigenvalue weighted by atomic mass is 9.93. The normalized spacial score (nSPS) is 20.7. The van der Waals surface area contributed by atoms with E-state index in [-0.39, 0.29) is 11.3 Å². The second kappa shape index (κ2) is 5.60. The Morgan fingerprint density at radius 3 is 2.70 bits per heavy atom. The number of carbonyl (C=O) groups is 1. The van der Waals surface area contributed by atoms with Crippen molar-refractivity contribution in [1.82, 2.24) is 9.71 Å². The number of pyridine rings is 1. The van der Waals surface area contributed by atoms with Gasteiger partial charge >= 0.3 is 5.97 Å². The van der Waals surface area contributed by atoms with Crippen LogP contribution < -0.4 is 4.72 Å². The molecule has 0 saturated heterocycles. The van der Waals surface area contributed by atoms with Crippen LogP contribution in [0.25, 0.3) is 10.9 Å². The van der Waals surface area contributed by atoms with Crippen LogP contribution in [0, 0.1) is 0 Å². The summed E-state index contributed by atoms with van der Waals surface area (Å²) in [7, 11) is -4.07. The molecule has 0 radical (unpaired) electrons. The molecule has 118 valence electrons. The van der Waals surface area contributed by atoms with Crippen molar-refractivity contribution in [2.75, 3.05) is 0 Å². The molecule has 7 heteroatoms. The molecule has 1 heterocycles. The van der Waals surface area contributed by atoms with E-state index in [2.05, 4.69) is 9.71 Å². The largest absolute Gasteiger partial charge is 0.480 e. The van der Waals surface area contributed by atoms with E-state index in [0.717, 1.165) is 0 Å². The first-order chi connectivity index (χ1) is 10.9. The van der Waals surface area contributed by atoms with Crippen molar-refractivity contribution in [1.29, 1.82) is 0 Å². The number of aliphatic carboxylic acids is 1. The predicted octanol–water partition coefficient (Wildman–Crippen LogP) is 1.85. The Balaban J connectivity index is 2.09. The van der Waals surface area contributed by atoms with Gasteiger partial charge in [0.05, 0.1) is 5.52 Å². The summed E-state index contributed by atoms with van der Waals surface area (Å²) >= 11 is 0. The van der Waals surface area contributed by atoms with Crippen molar-refractivity contribution in [3.63, 3.8) is 0 Å². The molecule has 0 aliphatic heterocycles. The number of fused-ring (bicyclic) bond motifs is 1. The summed E-state index contributed by atoms with van der Waals surface area (Å²) in [4.78, 5) is 15.7. The number of nitrogens with one attached hydrogen (secondary N) is 1. The number of carboxylic acids is 1. The van der Waals surface area contributed by atoms with Crippen molar-refractivity contribution in [2.45, 2.75) is 16.9 Å². The average Bonchev–Trinajstić information content (AvgIpc) is 2.54. The standard InChI is InChI=1S/C16H14N2O4S/c19-15(20)16(9-2-1-3-10-16)18-23(21,22)13-8-4-6-12-7-5-11-17-14(12)13/h1-9,11,18H,10H2,(H,19,20)/t16-/m1/s1. The van der Waals surface area contributed by atoms with Crippen molar-refractivity contribution in [2.24, 2.45) is 0 Å². The maximum atomic E-state index is 12.8. The fourth-order valence-corrected chi connectivity index (χ4v) is 4.00. The Kier molecular flexibility index (Phi) is 3.75. The van der Waals surface area contributed by atoms with Gasteiger partial charge in [-0.15, -0.1) is 0 Å². The Morgan fingerprint density at radius 2 is 2.00 bits per heavy atom. The third-order valence-electron chi connectivity index (χ3n) is 3.65. The van der Waals surface area contributed by atoms with Crippen LogP contribution in [-0.4, -0.2) is 30.0 Å². The van der Waals surface area contributed by atoms with Gasteiger partial charge in [-0.3, -0.25) is 4.98 Å². The number of para-hydroxylation sites is 1. The smallest absolute Gasteiger partial charge is 0.329 e. The highest BCUT2D eigenvalue weighted by molar-refractivity contribution is 7.89. The van der Waals surface area contributed by atoms with Crippen LogP contribution in [-0.2, 0) is 14.8 Å². The zero-order valence-electron chi connectivity index (χ0n) is 12.0. The van der Waals surface area contributed by atoms with Gasteiger partial charge in [-0.05, 0) is 18.6 Å². The van der Waals surface area contributed by atoms with Gasteiger partial charge in [0, 0.05) is 11.6 Å². The van der Waals surface area contributed by atoms with Crippen LogP contribution in [0.5, 0.6) is 0 Å². The van der Waals surface area contributed by atoms with Crippen molar-refractivity contribution in [3.05, 3.63) is 60.8 Å². The fourth-order valence-electron chi connectivity index (χ4n) is 2.49. The average molecular weight is 330 g/mol. The van der Waals surface area contributed by atoms with Crippen molar-refractivity contribution < 1.29 is 18.3 Å². The lowest BCUT2D eigenvalue weighted by Crippen LogP contribution is -2.53.